The first kappa shape index (κ1) is 14.1. The molecule has 0 atom stereocenters. The molecule has 1 saturated carbocycles. The minimum atomic E-state index is 0.716. The molecule has 1 heterocycles. The first-order valence-corrected chi connectivity index (χ1v) is 7.54. The maximum absolute atomic E-state index is 5.24. The smallest absolute Gasteiger partial charge is 0.119 e. The largest absolute Gasteiger partial charge is 0.497 e. The summed E-state index contributed by atoms with van der Waals surface area (Å²) in [4.78, 5) is 0. The summed E-state index contributed by atoms with van der Waals surface area (Å²) in [5.74, 6) is 1.63. The minimum absolute atomic E-state index is 0.716. The third-order valence-electron chi connectivity index (χ3n) is 4.16. The summed E-state index contributed by atoms with van der Waals surface area (Å²) in [5.41, 5.74) is 5.07. The Bertz CT molecular complexity index is 629. The highest BCUT2D eigenvalue weighted by molar-refractivity contribution is 5.34. The molecule has 0 unspecified atom stereocenters. The first-order chi connectivity index (χ1) is 10.2. The topological polar surface area (TPSA) is 39.1 Å². The molecule has 0 radical (unpaired) electrons. The second-order valence-electron chi connectivity index (χ2n) is 5.85. The van der Waals surface area contributed by atoms with E-state index in [0.717, 1.165) is 18.8 Å². The van der Waals surface area contributed by atoms with E-state index in [1.807, 2.05) is 17.8 Å². The second kappa shape index (κ2) is 5.90. The maximum atomic E-state index is 5.24. The summed E-state index contributed by atoms with van der Waals surface area (Å²) >= 11 is 0. The van der Waals surface area contributed by atoms with Gasteiger partial charge in [-0.05, 0) is 49.1 Å². The van der Waals surface area contributed by atoms with Crippen molar-refractivity contribution in [3.05, 3.63) is 46.8 Å². The maximum Gasteiger partial charge on any atom is 0.119 e. The molecule has 21 heavy (non-hydrogen) atoms. The number of benzene rings is 1. The number of nitrogens with zero attached hydrogens (tertiary/aromatic N) is 2. The Morgan fingerprint density at radius 2 is 2.10 bits per heavy atom. The lowest BCUT2D eigenvalue weighted by molar-refractivity contribution is 0.414. The molecule has 0 bridgehead atoms. The van der Waals surface area contributed by atoms with Crippen molar-refractivity contribution in [3.63, 3.8) is 0 Å². The van der Waals surface area contributed by atoms with E-state index in [1.165, 1.54) is 35.4 Å². The molecule has 4 nitrogen and oxygen atoms in total. The quantitative estimate of drug-likeness (QED) is 0.887. The van der Waals surface area contributed by atoms with Gasteiger partial charge in [-0.2, -0.15) is 5.10 Å². The van der Waals surface area contributed by atoms with Crippen LogP contribution in [0.4, 0.5) is 0 Å². The van der Waals surface area contributed by atoms with Crippen LogP contribution in [0.15, 0.2) is 24.3 Å². The van der Waals surface area contributed by atoms with Crippen molar-refractivity contribution in [2.45, 2.75) is 38.8 Å². The number of ether oxygens (including phenoxy) is 1. The van der Waals surface area contributed by atoms with Crippen LogP contribution in [0, 0.1) is 6.92 Å². The molecule has 0 saturated heterocycles. The highest BCUT2D eigenvalue weighted by Crippen LogP contribution is 2.39. The van der Waals surface area contributed by atoms with Crippen LogP contribution in [0.5, 0.6) is 5.75 Å². The standard InChI is InChI=1S/C17H23N3O/c1-12-8-16(21-3)7-6-14(12)10-18-11-15-9-17(13-4-5-13)19-20(15)2/h6-9,13,18H,4-5,10-11H2,1-3H3. The van der Waals surface area contributed by atoms with Gasteiger partial charge in [-0.1, -0.05) is 6.07 Å². The van der Waals surface area contributed by atoms with E-state index >= 15 is 0 Å². The summed E-state index contributed by atoms with van der Waals surface area (Å²) in [6.07, 6.45) is 2.60. The minimum Gasteiger partial charge on any atom is -0.497 e. The third-order valence-corrected chi connectivity index (χ3v) is 4.16. The molecular formula is C17H23N3O. The van der Waals surface area contributed by atoms with E-state index in [1.54, 1.807) is 7.11 Å². The van der Waals surface area contributed by atoms with Crippen LogP contribution in [0.1, 0.15) is 41.3 Å². The molecule has 0 aliphatic heterocycles. The number of hydrogen-bond acceptors (Lipinski definition) is 3. The lowest BCUT2D eigenvalue weighted by Crippen LogP contribution is -2.15. The van der Waals surface area contributed by atoms with Crippen LogP contribution in [0.3, 0.4) is 0 Å². The summed E-state index contributed by atoms with van der Waals surface area (Å²) in [5, 5.41) is 8.11. The summed E-state index contributed by atoms with van der Waals surface area (Å²) < 4.78 is 7.24. The van der Waals surface area contributed by atoms with Crippen LogP contribution < -0.4 is 10.1 Å². The third kappa shape index (κ3) is 3.27. The van der Waals surface area contributed by atoms with Gasteiger partial charge in [0.15, 0.2) is 0 Å². The van der Waals surface area contributed by atoms with Gasteiger partial charge >= 0.3 is 0 Å². The molecular weight excluding hydrogens is 262 g/mol. The van der Waals surface area contributed by atoms with Crippen LogP contribution in [0.25, 0.3) is 0 Å². The normalized spacial score (nSPS) is 14.4. The Kier molecular flexibility index (Phi) is 3.97. The van der Waals surface area contributed by atoms with Gasteiger partial charge in [-0.25, -0.2) is 0 Å². The zero-order chi connectivity index (χ0) is 14.8. The highest BCUT2D eigenvalue weighted by atomic mass is 16.5. The van der Waals surface area contributed by atoms with Crippen molar-refractivity contribution in [3.8, 4) is 5.75 Å². The summed E-state index contributed by atoms with van der Waals surface area (Å²) in [6, 6.07) is 8.46. The highest BCUT2D eigenvalue weighted by Gasteiger charge is 2.26. The number of aromatic nitrogens is 2. The molecule has 1 aromatic carbocycles. The number of rotatable bonds is 6. The predicted molar refractivity (Wildman–Crippen MR) is 83.5 cm³/mol. The van der Waals surface area contributed by atoms with E-state index < -0.39 is 0 Å². The molecule has 0 amide bonds. The zero-order valence-corrected chi connectivity index (χ0v) is 13.0. The van der Waals surface area contributed by atoms with Gasteiger partial charge < -0.3 is 10.1 Å². The van der Waals surface area contributed by atoms with Gasteiger partial charge in [0.1, 0.15) is 5.75 Å². The van der Waals surface area contributed by atoms with Gasteiger partial charge in [-0.15, -0.1) is 0 Å². The van der Waals surface area contributed by atoms with Crippen LogP contribution in [-0.4, -0.2) is 16.9 Å². The molecule has 1 aromatic heterocycles. The lowest BCUT2D eigenvalue weighted by Gasteiger charge is -2.09. The predicted octanol–water partition coefficient (Wildman–Crippen LogP) is 2.90. The van der Waals surface area contributed by atoms with Crippen molar-refractivity contribution in [2.75, 3.05) is 7.11 Å². The molecule has 1 fully saturated rings. The molecule has 3 rings (SSSR count). The van der Waals surface area contributed by atoms with Crippen molar-refractivity contribution < 1.29 is 4.74 Å². The SMILES string of the molecule is COc1ccc(CNCc2cc(C3CC3)nn2C)c(C)c1. The van der Waals surface area contributed by atoms with Gasteiger partial charge in [0.2, 0.25) is 0 Å². The van der Waals surface area contributed by atoms with Crippen molar-refractivity contribution in [1.29, 1.82) is 0 Å². The average molecular weight is 285 g/mol. The fraction of sp³-hybridized carbons (Fsp3) is 0.471. The first-order valence-electron chi connectivity index (χ1n) is 7.54. The van der Waals surface area contributed by atoms with E-state index in [4.69, 9.17) is 4.74 Å². The number of nitrogens with one attached hydrogen (secondary N) is 1. The molecule has 1 aliphatic carbocycles. The number of aryl methyl sites for hydroxylation is 2. The molecule has 4 heteroatoms. The summed E-state index contributed by atoms with van der Waals surface area (Å²) in [6.45, 7) is 3.83. The van der Waals surface area contributed by atoms with E-state index in [9.17, 15) is 0 Å². The zero-order valence-electron chi connectivity index (χ0n) is 13.0. The molecule has 1 aliphatic rings. The summed E-state index contributed by atoms with van der Waals surface area (Å²) in [7, 11) is 3.73. The number of methoxy groups -OCH3 is 1. The Labute approximate surface area is 126 Å². The van der Waals surface area contributed by atoms with Gasteiger partial charge in [0.25, 0.3) is 0 Å². The van der Waals surface area contributed by atoms with Crippen molar-refractivity contribution in [2.24, 2.45) is 7.05 Å². The molecule has 112 valence electrons. The van der Waals surface area contributed by atoms with E-state index in [0.29, 0.717) is 5.92 Å². The fourth-order valence-electron chi connectivity index (χ4n) is 2.59. The monoisotopic (exact) mass is 285 g/mol. The second-order valence-corrected chi connectivity index (χ2v) is 5.85. The van der Waals surface area contributed by atoms with E-state index in [-0.39, 0.29) is 0 Å². The van der Waals surface area contributed by atoms with E-state index in [2.05, 4.69) is 35.5 Å². The molecule has 0 spiro atoms. The van der Waals surface area contributed by atoms with Crippen LogP contribution in [0.2, 0.25) is 0 Å². The van der Waals surface area contributed by atoms with Gasteiger partial charge in [-0.3, -0.25) is 4.68 Å². The Morgan fingerprint density at radius 1 is 1.29 bits per heavy atom. The molecule has 2 aromatic rings. The van der Waals surface area contributed by atoms with Gasteiger partial charge in [0, 0.05) is 26.1 Å². The Morgan fingerprint density at radius 3 is 2.76 bits per heavy atom. The van der Waals surface area contributed by atoms with Crippen molar-refractivity contribution >= 4 is 0 Å². The van der Waals surface area contributed by atoms with Gasteiger partial charge in [0.05, 0.1) is 18.5 Å². The van der Waals surface area contributed by atoms with Crippen molar-refractivity contribution in [1.82, 2.24) is 15.1 Å². The Hall–Kier alpha value is -1.81. The number of hydrogen-bond donors (Lipinski definition) is 1. The van der Waals surface area contributed by atoms with Crippen LogP contribution >= 0.6 is 0 Å². The average Bonchev–Trinajstić information content (AvgIpc) is 3.26. The fourth-order valence-corrected chi connectivity index (χ4v) is 2.59. The Balaban J connectivity index is 1.58. The van der Waals surface area contributed by atoms with Crippen LogP contribution in [-0.2, 0) is 20.1 Å². The molecule has 1 N–H and O–H groups in total. The lowest BCUT2D eigenvalue weighted by atomic mass is 10.1.